The van der Waals surface area contributed by atoms with E-state index in [0.29, 0.717) is 5.57 Å². The molecule has 0 aromatic rings. The van der Waals surface area contributed by atoms with Crippen LogP contribution in [-0.2, 0) is 0 Å². The van der Waals surface area contributed by atoms with Crippen molar-refractivity contribution >= 4 is 5.96 Å². The van der Waals surface area contributed by atoms with E-state index >= 15 is 0 Å². The molecule has 0 bridgehead atoms. The van der Waals surface area contributed by atoms with Gasteiger partial charge >= 0.3 is 0 Å². The fraction of sp³-hybridized carbons (Fsp3) is 0.545. The molecule has 0 spiro atoms. The molecule has 5 heteroatoms. The Morgan fingerprint density at radius 3 is 3.12 bits per heavy atom. The minimum atomic E-state index is -0.0486. The maximum absolute atomic E-state index is 9.02. The molecule has 1 unspecified atom stereocenters. The summed E-state index contributed by atoms with van der Waals surface area (Å²) in [6.07, 6.45) is 6.52. The molecule has 83 valence electrons. The number of hydrogen-bond acceptors (Lipinski definition) is 5. The van der Waals surface area contributed by atoms with Gasteiger partial charge < -0.3 is 5.32 Å². The van der Waals surface area contributed by atoms with Gasteiger partial charge in [0.15, 0.2) is 6.17 Å². The zero-order valence-electron chi connectivity index (χ0n) is 9.20. The zero-order chi connectivity index (χ0) is 11.1. The average molecular weight is 216 g/mol. The van der Waals surface area contributed by atoms with Crippen molar-refractivity contribution in [2.45, 2.75) is 25.4 Å². The van der Waals surface area contributed by atoms with E-state index in [2.05, 4.69) is 26.6 Å². The smallest absolute Gasteiger partial charge is 0.204 e. The number of nitrogens with one attached hydrogen (secondary N) is 2. The van der Waals surface area contributed by atoms with Crippen molar-refractivity contribution in [1.82, 2.24) is 15.5 Å². The van der Waals surface area contributed by atoms with Crippen molar-refractivity contribution < 1.29 is 0 Å². The van der Waals surface area contributed by atoms with Crippen molar-refractivity contribution in [2.24, 2.45) is 10.9 Å². The van der Waals surface area contributed by atoms with Gasteiger partial charge in [0.1, 0.15) is 6.17 Å². The third-order valence-corrected chi connectivity index (χ3v) is 3.24. The summed E-state index contributed by atoms with van der Waals surface area (Å²) in [7, 11) is 1.87. The number of hydrogen-bond donors (Lipinski definition) is 2. The van der Waals surface area contributed by atoms with Crippen LogP contribution in [-0.4, -0.2) is 24.1 Å². The Bertz CT molecular complexity index is 401. The first kappa shape index (κ1) is 9.67. The summed E-state index contributed by atoms with van der Waals surface area (Å²) < 4.78 is 0. The molecule has 1 radical (unpaired) electrons. The largest absolute Gasteiger partial charge is 0.329 e. The maximum Gasteiger partial charge on any atom is 0.204 e. The van der Waals surface area contributed by atoms with Gasteiger partial charge in [0.2, 0.25) is 5.96 Å². The predicted octanol–water partition coefficient (Wildman–Crippen LogP) is 0.504. The Balaban J connectivity index is 1.76. The highest BCUT2D eigenvalue weighted by atomic mass is 15.5. The number of guanidine groups is 1. The van der Waals surface area contributed by atoms with Crippen LogP contribution < -0.4 is 10.6 Å². The molecule has 1 saturated heterocycles. The van der Waals surface area contributed by atoms with E-state index in [4.69, 9.17) is 5.26 Å². The molecule has 2 heterocycles. The second-order valence-corrected chi connectivity index (χ2v) is 4.43. The van der Waals surface area contributed by atoms with Crippen molar-refractivity contribution in [2.75, 3.05) is 7.05 Å². The summed E-state index contributed by atoms with van der Waals surface area (Å²) in [5.74, 6) is 1.69. The molecule has 0 amide bonds. The van der Waals surface area contributed by atoms with Gasteiger partial charge in [-0.1, -0.05) is 12.8 Å². The van der Waals surface area contributed by atoms with Crippen LogP contribution >= 0.6 is 0 Å². The molecule has 1 saturated carbocycles. The van der Waals surface area contributed by atoms with E-state index in [1.165, 1.54) is 19.0 Å². The molecule has 0 aromatic heterocycles. The van der Waals surface area contributed by atoms with Crippen LogP contribution in [0, 0.1) is 23.4 Å². The Morgan fingerprint density at radius 2 is 2.50 bits per heavy atom. The Kier molecular flexibility index (Phi) is 2.11. The highest BCUT2D eigenvalue weighted by Crippen LogP contribution is 2.40. The van der Waals surface area contributed by atoms with E-state index < -0.39 is 0 Å². The fourth-order valence-electron chi connectivity index (χ4n) is 2.16. The van der Waals surface area contributed by atoms with E-state index in [0.717, 1.165) is 18.3 Å². The molecule has 0 aromatic carbocycles. The highest BCUT2D eigenvalue weighted by Gasteiger charge is 2.44. The van der Waals surface area contributed by atoms with Crippen LogP contribution in [0.25, 0.3) is 0 Å². The normalized spacial score (nSPS) is 28.2. The number of nitrogens with zero attached hydrogens (tertiary/aromatic N) is 3. The summed E-state index contributed by atoms with van der Waals surface area (Å²) in [4.78, 5) is 6.31. The second kappa shape index (κ2) is 3.49. The topological polar surface area (TPSA) is 63.5 Å². The van der Waals surface area contributed by atoms with Crippen LogP contribution in [0.15, 0.2) is 16.8 Å². The Labute approximate surface area is 94.8 Å². The quantitative estimate of drug-likeness (QED) is 0.721. The Hall–Kier alpha value is -1.54. The monoisotopic (exact) mass is 216 g/mol. The second-order valence-electron chi connectivity index (χ2n) is 4.43. The summed E-state index contributed by atoms with van der Waals surface area (Å²) >= 11 is 0. The van der Waals surface area contributed by atoms with Crippen LogP contribution in [0.4, 0.5) is 0 Å². The van der Waals surface area contributed by atoms with Gasteiger partial charge in [-0.25, -0.2) is 4.99 Å². The summed E-state index contributed by atoms with van der Waals surface area (Å²) in [6, 6.07) is 2.19. The summed E-state index contributed by atoms with van der Waals surface area (Å²) in [5, 5.41) is 15.4. The number of fused-ring (bicyclic) bond motifs is 1. The standard InChI is InChI=1S/C11H14N5/c1-13-10-8(5-12)6-14-11-15-9(16(10)11)4-7-2-3-7/h6-7,10,13H,2-4H2,1H3,(H,14,15). The van der Waals surface area contributed by atoms with Crippen molar-refractivity contribution in [1.29, 1.82) is 5.26 Å². The Morgan fingerprint density at radius 1 is 1.69 bits per heavy atom. The predicted molar refractivity (Wildman–Crippen MR) is 59.5 cm³/mol. The lowest BCUT2D eigenvalue weighted by Gasteiger charge is -2.49. The van der Waals surface area contributed by atoms with Gasteiger partial charge in [-0.15, -0.1) is 0 Å². The lowest BCUT2D eigenvalue weighted by molar-refractivity contribution is 0.224. The van der Waals surface area contributed by atoms with Gasteiger partial charge in [0.25, 0.3) is 0 Å². The van der Waals surface area contributed by atoms with Gasteiger partial charge in [0, 0.05) is 6.20 Å². The molecular weight excluding hydrogens is 202 g/mol. The SMILES string of the molecule is CNC1C(C#N)=CN=C2N[C](CC3CC3)N21. The molecule has 1 atom stereocenters. The first-order valence-electron chi connectivity index (χ1n) is 5.61. The van der Waals surface area contributed by atoms with Crippen LogP contribution in [0.2, 0.25) is 0 Å². The summed E-state index contributed by atoms with van der Waals surface area (Å²) in [5.41, 5.74) is 0.668. The third kappa shape index (κ3) is 1.38. The number of likely N-dealkylation sites (N-methyl/N-ethyl adjacent to an activating group) is 1. The lowest BCUT2D eigenvalue weighted by Crippen LogP contribution is -2.68. The number of rotatable bonds is 3. The van der Waals surface area contributed by atoms with Crippen molar-refractivity contribution in [3.05, 3.63) is 17.9 Å². The molecule has 5 nitrogen and oxygen atoms in total. The zero-order valence-corrected chi connectivity index (χ0v) is 9.20. The van der Waals surface area contributed by atoms with Crippen LogP contribution in [0.3, 0.4) is 0 Å². The first-order chi connectivity index (χ1) is 7.83. The molecule has 2 fully saturated rings. The molecule has 16 heavy (non-hydrogen) atoms. The van der Waals surface area contributed by atoms with Crippen LogP contribution in [0.1, 0.15) is 19.3 Å². The van der Waals surface area contributed by atoms with E-state index in [-0.39, 0.29) is 6.17 Å². The van der Waals surface area contributed by atoms with Crippen molar-refractivity contribution in [3.8, 4) is 6.07 Å². The van der Waals surface area contributed by atoms with Crippen LogP contribution in [0.5, 0.6) is 0 Å². The van der Waals surface area contributed by atoms with Gasteiger partial charge in [0.05, 0.1) is 11.6 Å². The number of aliphatic imine (C=N–C) groups is 1. The molecule has 1 aliphatic carbocycles. The minimum Gasteiger partial charge on any atom is -0.329 e. The highest BCUT2D eigenvalue weighted by molar-refractivity contribution is 5.90. The molecule has 3 rings (SSSR count). The molecular formula is C11H14N5. The first-order valence-corrected chi connectivity index (χ1v) is 5.61. The average Bonchev–Trinajstić information content (AvgIpc) is 3.08. The van der Waals surface area contributed by atoms with Gasteiger partial charge in [-0.05, 0) is 19.4 Å². The lowest BCUT2D eigenvalue weighted by atomic mass is 10.1. The van der Waals surface area contributed by atoms with Crippen molar-refractivity contribution in [3.63, 3.8) is 0 Å². The molecule has 2 aliphatic heterocycles. The van der Waals surface area contributed by atoms with E-state index in [1.807, 2.05) is 7.05 Å². The fourth-order valence-corrected chi connectivity index (χ4v) is 2.16. The van der Waals surface area contributed by atoms with Gasteiger partial charge in [-0.3, -0.25) is 10.2 Å². The maximum atomic E-state index is 9.02. The number of nitriles is 1. The van der Waals surface area contributed by atoms with E-state index in [1.54, 1.807) is 6.20 Å². The van der Waals surface area contributed by atoms with E-state index in [9.17, 15) is 0 Å². The molecule has 2 N–H and O–H groups in total. The minimum absolute atomic E-state index is 0.0486. The molecule has 3 aliphatic rings. The van der Waals surface area contributed by atoms with Gasteiger partial charge in [-0.2, -0.15) is 5.26 Å². The third-order valence-electron chi connectivity index (χ3n) is 3.24. The summed E-state index contributed by atoms with van der Waals surface area (Å²) in [6.45, 7) is 0.